The van der Waals surface area contributed by atoms with Crippen LogP contribution in [0.25, 0.3) is 0 Å². The summed E-state index contributed by atoms with van der Waals surface area (Å²) in [5, 5.41) is 5.46. The first kappa shape index (κ1) is 25.7. The fourth-order valence-electron chi connectivity index (χ4n) is 5.72. The summed E-state index contributed by atoms with van der Waals surface area (Å²) in [6.45, 7) is 3.69. The molecule has 5 rings (SSSR count). The molecule has 7 nitrogen and oxygen atoms in total. The molecule has 1 aliphatic carbocycles. The number of ether oxygens (including phenoxy) is 1. The van der Waals surface area contributed by atoms with Crippen LogP contribution in [0.1, 0.15) is 69.2 Å². The number of rotatable bonds is 6. The first-order valence-electron chi connectivity index (χ1n) is 13.1. The van der Waals surface area contributed by atoms with Crippen molar-refractivity contribution in [2.75, 3.05) is 20.2 Å². The second kappa shape index (κ2) is 11.6. The lowest BCUT2D eigenvalue weighted by molar-refractivity contribution is -0.120. The molecular formula is C29H39N3O4. The van der Waals surface area contributed by atoms with Crippen molar-refractivity contribution >= 4 is 17.8 Å². The number of hydrogen-bond donors (Lipinski definition) is 2. The molecule has 1 saturated carbocycles. The van der Waals surface area contributed by atoms with Crippen LogP contribution in [0.5, 0.6) is 5.75 Å². The molecule has 2 heterocycles. The van der Waals surface area contributed by atoms with Crippen molar-refractivity contribution in [1.29, 1.82) is 0 Å². The third-order valence-corrected chi connectivity index (χ3v) is 8.01. The summed E-state index contributed by atoms with van der Waals surface area (Å²) in [5.74, 6) is 1.25. The average molecular weight is 494 g/mol. The molecule has 0 bridgehead atoms. The van der Waals surface area contributed by atoms with E-state index in [9.17, 15) is 14.4 Å². The van der Waals surface area contributed by atoms with Crippen LogP contribution < -0.4 is 15.4 Å². The Morgan fingerprint density at radius 2 is 1.78 bits per heavy atom. The standard InChI is InChI=1S/C23H29NO2.C6H8N2O2.H2/c1-3-18-13-15-23(16-14-18,19-9-5-4-6-10-19)17-24-22(25)20-11-7-8-12-21(20)26-2;9-5-4-2-1-3-8(4)6(10)7-5;/h4-12,18H,3,13-17H2,1-2H3,(H,24,25);4H,1-3H2,(H,7,9,10);1H/t;4-;/m.0./s1. The van der Waals surface area contributed by atoms with E-state index in [0.717, 1.165) is 38.1 Å². The minimum absolute atomic E-state index is 0. The van der Waals surface area contributed by atoms with Gasteiger partial charge in [0.15, 0.2) is 0 Å². The molecule has 0 radical (unpaired) electrons. The van der Waals surface area contributed by atoms with Gasteiger partial charge in [-0.2, -0.15) is 0 Å². The maximum Gasteiger partial charge on any atom is 0.324 e. The van der Waals surface area contributed by atoms with Crippen molar-refractivity contribution in [3.05, 3.63) is 65.7 Å². The molecule has 2 N–H and O–H groups in total. The molecule has 36 heavy (non-hydrogen) atoms. The van der Waals surface area contributed by atoms with Gasteiger partial charge in [0, 0.05) is 19.9 Å². The molecule has 3 aliphatic rings. The molecule has 0 spiro atoms. The molecule has 3 fully saturated rings. The smallest absolute Gasteiger partial charge is 0.324 e. The van der Waals surface area contributed by atoms with Gasteiger partial charge in [-0.1, -0.05) is 55.8 Å². The van der Waals surface area contributed by atoms with Crippen LogP contribution in [-0.2, 0) is 10.2 Å². The fraction of sp³-hybridized carbons (Fsp3) is 0.483. The molecular weight excluding hydrogens is 454 g/mol. The summed E-state index contributed by atoms with van der Waals surface area (Å²) in [6, 6.07) is 17.7. The highest BCUT2D eigenvalue weighted by Gasteiger charge is 2.41. The number of fused-ring (bicyclic) bond motifs is 1. The molecule has 194 valence electrons. The predicted octanol–water partition coefficient (Wildman–Crippen LogP) is 4.91. The van der Waals surface area contributed by atoms with Gasteiger partial charge in [0.2, 0.25) is 0 Å². The molecule has 1 atom stereocenters. The zero-order valence-electron chi connectivity index (χ0n) is 21.3. The van der Waals surface area contributed by atoms with Crippen LogP contribution in [0.2, 0.25) is 0 Å². The Morgan fingerprint density at radius 3 is 2.44 bits per heavy atom. The zero-order valence-corrected chi connectivity index (χ0v) is 21.3. The maximum atomic E-state index is 12.8. The van der Waals surface area contributed by atoms with Gasteiger partial charge in [-0.25, -0.2) is 4.79 Å². The van der Waals surface area contributed by atoms with Crippen LogP contribution in [0.15, 0.2) is 54.6 Å². The quantitative estimate of drug-likeness (QED) is 0.560. The van der Waals surface area contributed by atoms with Gasteiger partial charge in [-0.05, 0) is 62.1 Å². The number of benzene rings is 2. The van der Waals surface area contributed by atoms with Crippen LogP contribution in [0, 0.1) is 5.92 Å². The lowest BCUT2D eigenvalue weighted by atomic mass is 9.66. The molecule has 0 unspecified atom stereocenters. The van der Waals surface area contributed by atoms with Gasteiger partial charge in [-0.3, -0.25) is 14.9 Å². The van der Waals surface area contributed by atoms with Gasteiger partial charge in [0.25, 0.3) is 11.8 Å². The Bertz CT molecular complexity index is 1050. The normalized spacial score (nSPS) is 24.9. The van der Waals surface area contributed by atoms with Crippen molar-refractivity contribution in [1.82, 2.24) is 15.5 Å². The highest BCUT2D eigenvalue weighted by molar-refractivity contribution is 6.04. The van der Waals surface area contributed by atoms with Gasteiger partial charge in [0.05, 0.1) is 12.7 Å². The van der Waals surface area contributed by atoms with E-state index in [2.05, 4.69) is 47.9 Å². The third-order valence-electron chi connectivity index (χ3n) is 8.01. The Hall–Kier alpha value is -3.35. The number of methoxy groups -OCH3 is 1. The van der Waals surface area contributed by atoms with Crippen molar-refractivity contribution in [2.45, 2.75) is 63.3 Å². The number of carbonyl (C=O) groups is 3. The first-order valence-corrected chi connectivity index (χ1v) is 13.1. The number of hydrogen-bond acceptors (Lipinski definition) is 4. The van der Waals surface area contributed by atoms with Gasteiger partial charge < -0.3 is 15.0 Å². The van der Waals surface area contributed by atoms with E-state index in [1.807, 2.05) is 24.3 Å². The number of amides is 4. The topological polar surface area (TPSA) is 87.7 Å². The number of urea groups is 1. The SMILES string of the molecule is CCC1CCC(CNC(=O)c2ccccc2OC)(c2ccccc2)CC1.O=C1NC(=O)N2CCC[C@@H]12.[HH]. The average Bonchev–Trinajstić information content (AvgIpc) is 3.53. The van der Waals surface area contributed by atoms with E-state index in [1.54, 1.807) is 12.0 Å². The van der Waals surface area contributed by atoms with E-state index >= 15 is 0 Å². The molecule has 7 heteroatoms. The number of nitrogens with zero attached hydrogens (tertiary/aromatic N) is 1. The van der Waals surface area contributed by atoms with E-state index in [-0.39, 0.29) is 30.7 Å². The molecule has 2 saturated heterocycles. The highest BCUT2D eigenvalue weighted by Crippen LogP contribution is 2.42. The van der Waals surface area contributed by atoms with Crippen molar-refractivity contribution in [3.8, 4) is 5.75 Å². The summed E-state index contributed by atoms with van der Waals surface area (Å²) in [5.41, 5.74) is 1.97. The van der Waals surface area contributed by atoms with Crippen LogP contribution in [0.3, 0.4) is 0 Å². The summed E-state index contributed by atoms with van der Waals surface area (Å²) in [6.07, 6.45) is 7.76. The monoisotopic (exact) mass is 493 g/mol. The first-order chi connectivity index (χ1) is 17.5. The Morgan fingerprint density at radius 1 is 1.08 bits per heavy atom. The maximum absolute atomic E-state index is 12.8. The van der Waals surface area contributed by atoms with Crippen molar-refractivity contribution in [3.63, 3.8) is 0 Å². The summed E-state index contributed by atoms with van der Waals surface area (Å²) in [7, 11) is 1.60. The second-order valence-electron chi connectivity index (χ2n) is 10.0. The molecule has 2 aromatic rings. The largest absolute Gasteiger partial charge is 0.496 e. The van der Waals surface area contributed by atoms with Crippen LogP contribution in [-0.4, -0.2) is 49.0 Å². The van der Waals surface area contributed by atoms with Gasteiger partial charge >= 0.3 is 6.03 Å². The van der Waals surface area contributed by atoms with Crippen LogP contribution >= 0.6 is 0 Å². The Kier molecular flexibility index (Phi) is 8.28. The lowest BCUT2D eigenvalue weighted by Gasteiger charge is -2.41. The molecule has 2 aliphatic heterocycles. The van der Waals surface area contributed by atoms with Crippen molar-refractivity contribution < 1.29 is 20.5 Å². The van der Waals surface area contributed by atoms with E-state index < -0.39 is 0 Å². The summed E-state index contributed by atoms with van der Waals surface area (Å²) in [4.78, 5) is 36.1. The van der Waals surface area contributed by atoms with Gasteiger partial charge in [-0.15, -0.1) is 0 Å². The number of imide groups is 1. The van der Waals surface area contributed by atoms with E-state index in [1.165, 1.54) is 24.8 Å². The number of para-hydroxylation sites is 1. The van der Waals surface area contributed by atoms with Gasteiger partial charge in [0.1, 0.15) is 11.8 Å². The fourth-order valence-corrected chi connectivity index (χ4v) is 5.72. The molecule has 2 aromatic carbocycles. The Balaban J connectivity index is 0.000000288. The highest BCUT2D eigenvalue weighted by atomic mass is 16.5. The third kappa shape index (κ3) is 5.55. The molecule has 4 amide bonds. The van der Waals surface area contributed by atoms with E-state index in [0.29, 0.717) is 17.9 Å². The second-order valence-corrected chi connectivity index (χ2v) is 10.0. The lowest BCUT2D eigenvalue weighted by Crippen LogP contribution is -2.43. The van der Waals surface area contributed by atoms with Crippen LogP contribution in [0.4, 0.5) is 4.79 Å². The van der Waals surface area contributed by atoms with E-state index in [4.69, 9.17) is 4.74 Å². The summed E-state index contributed by atoms with van der Waals surface area (Å²) < 4.78 is 5.34. The zero-order chi connectivity index (χ0) is 25.5. The number of nitrogens with one attached hydrogen (secondary N) is 2. The minimum atomic E-state index is -0.215. The minimum Gasteiger partial charge on any atom is -0.496 e. The Labute approximate surface area is 215 Å². The number of carbonyl (C=O) groups excluding carboxylic acids is 3. The molecule has 0 aromatic heterocycles. The summed E-state index contributed by atoms with van der Waals surface area (Å²) >= 11 is 0. The predicted molar refractivity (Wildman–Crippen MR) is 141 cm³/mol. The van der Waals surface area contributed by atoms with Crippen molar-refractivity contribution in [2.24, 2.45) is 5.92 Å².